The zero-order valence-corrected chi connectivity index (χ0v) is 14.4. The van der Waals surface area contributed by atoms with Gasteiger partial charge in [-0.3, -0.25) is 9.78 Å². The van der Waals surface area contributed by atoms with Gasteiger partial charge >= 0.3 is 0 Å². The van der Waals surface area contributed by atoms with Crippen LogP contribution >= 0.6 is 0 Å². The highest BCUT2D eigenvalue weighted by Crippen LogP contribution is 2.23. The van der Waals surface area contributed by atoms with E-state index in [0.29, 0.717) is 31.9 Å². The molecule has 0 spiro atoms. The molecule has 7 nitrogen and oxygen atoms in total. The molecule has 3 aromatic heterocycles. The van der Waals surface area contributed by atoms with Crippen molar-refractivity contribution in [3.8, 4) is 11.1 Å². The zero-order chi connectivity index (χ0) is 17.9. The van der Waals surface area contributed by atoms with Crippen molar-refractivity contribution in [1.82, 2.24) is 19.9 Å². The number of nitrogens with two attached hydrogens (primary N) is 1. The van der Waals surface area contributed by atoms with E-state index in [9.17, 15) is 4.79 Å². The van der Waals surface area contributed by atoms with Crippen molar-refractivity contribution in [3.05, 3.63) is 48.5 Å². The third kappa shape index (κ3) is 3.31. The van der Waals surface area contributed by atoms with Crippen LogP contribution in [0.4, 0.5) is 0 Å². The number of fused-ring (bicyclic) bond motifs is 1. The number of aromatic nitrogens is 3. The van der Waals surface area contributed by atoms with Gasteiger partial charge < -0.3 is 20.4 Å². The van der Waals surface area contributed by atoms with E-state index in [0.717, 1.165) is 28.6 Å². The molecule has 1 saturated heterocycles. The second kappa shape index (κ2) is 7.23. The van der Waals surface area contributed by atoms with Gasteiger partial charge in [-0.1, -0.05) is 0 Å². The number of amides is 1. The lowest BCUT2D eigenvalue weighted by molar-refractivity contribution is -0.0238. The van der Waals surface area contributed by atoms with Gasteiger partial charge in [-0.15, -0.1) is 0 Å². The third-order valence-electron chi connectivity index (χ3n) is 4.63. The van der Waals surface area contributed by atoms with Crippen molar-refractivity contribution < 1.29 is 9.53 Å². The van der Waals surface area contributed by atoms with E-state index in [4.69, 9.17) is 10.5 Å². The summed E-state index contributed by atoms with van der Waals surface area (Å²) in [6, 6.07) is 7.74. The summed E-state index contributed by atoms with van der Waals surface area (Å²) in [7, 11) is 0. The Morgan fingerprint density at radius 2 is 2.23 bits per heavy atom. The van der Waals surface area contributed by atoms with Gasteiger partial charge in [-0.2, -0.15) is 0 Å². The molecule has 3 N–H and O–H groups in total. The molecule has 0 aromatic carbocycles. The van der Waals surface area contributed by atoms with Gasteiger partial charge in [0.05, 0.1) is 12.7 Å². The first-order valence-corrected chi connectivity index (χ1v) is 8.75. The highest BCUT2D eigenvalue weighted by molar-refractivity contribution is 5.94. The van der Waals surface area contributed by atoms with Crippen molar-refractivity contribution in [3.63, 3.8) is 0 Å². The van der Waals surface area contributed by atoms with E-state index >= 15 is 0 Å². The summed E-state index contributed by atoms with van der Waals surface area (Å²) in [6.07, 6.45) is 6.08. The summed E-state index contributed by atoms with van der Waals surface area (Å²) in [5.41, 5.74) is 8.76. The predicted octanol–water partition coefficient (Wildman–Crippen LogP) is 1.81. The topological polar surface area (TPSA) is 97.1 Å². The molecule has 1 aliphatic rings. The monoisotopic (exact) mass is 351 g/mol. The van der Waals surface area contributed by atoms with Crippen LogP contribution in [0.1, 0.15) is 16.9 Å². The normalized spacial score (nSPS) is 17.6. The van der Waals surface area contributed by atoms with Crippen LogP contribution in [0.2, 0.25) is 0 Å². The molecule has 4 rings (SSSR count). The largest absolute Gasteiger partial charge is 0.374 e. The number of hydrogen-bond donors (Lipinski definition) is 2. The molecule has 134 valence electrons. The second-order valence-electron chi connectivity index (χ2n) is 6.39. The Labute approximate surface area is 151 Å². The van der Waals surface area contributed by atoms with E-state index in [-0.39, 0.29) is 12.0 Å². The van der Waals surface area contributed by atoms with Crippen LogP contribution in [0.3, 0.4) is 0 Å². The number of carbonyl (C=O) groups excluding carboxylic acids is 1. The maximum Gasteiger partial charge on any atom is 0.272 e. The third-order valence-corrected chi connectivity index (χ3v) is 4.63. The summed E-state index contributed by atoms with van der Waals surface area (Å²) < 4.78 is 5.66. The van der Waals surface area contributed by atoms with Crippen LogP contribution in [-0.2, 0) is 4.74 Å². The molecule has 1 aliphatic heterocycles. The lowest BCUT2D eigenvalue weighted by Crippen LogP contribution is -2.46. The number of aromatic amines is 1. The van der Waals surface area contributed by atoms with Crippen LogP contribution in [0.25, 0.3) is 22.2 Å². The minimum absolute atomic E-state index is 0.00100. The Morgan fingerprint density at radius 3 is 3.12 bits per heavy atom. The number of carbonyl (C=O) groups is 1. The maximum absolute atomic E-state index is 12.9. The van der Waals surface area contributed by atoms with Gasteiger partial charge in [0.1, 0.15) is 11.3 Å². The van der Waals surface area contributed by atoms with Crippen LogP contribution in [0, 0.1) is 0 Å². The number of nitrogens with zero attached hydrogens (tertiary/aromatic N) is 3. The van der Waals surface area contributed by atoms with E-state index in [2.05, 4.69) is 21.0 Å². The molecule has 1 atom stereocenters. The van der Waals surface area contributed by atoms with Crippen LogP contribution in [0.15, 0.2) is 42.9 Å². The number of rotatable bonds is 4. The molecule has 0 aliphatic carbocycles. The molecule has 7 heteroatoms. The van der Waals surface area contributed by atoms with Gasteiger partial charge in [-0.05, 0) is 42.8 Å². The fourth-order valence-electron chi connectivity index (χ4n) is 3.25. The molecule has 1 amide bonds. The number of hydrogen-bond acceptors (Lipinski definition) is 5. The first-order chi connectivity index (χ1) is 12.7. The molecular weight excluding hydrogens is 330 g/mol. The molecule has 0 bridgehead atoms. The molecule has 4 heterocycles. The average molecular weight is 351 g/mol. The smallest absolute Gasteiger partial charge is 0.272 e. The van der Waals surface area contributed by atoms with E-state index in [1.165, 1.54) is 0 Å². The maximum atomic E-state index is 12.9. The average Bonchev–Trinajstić information content (AvgIpc) is 3.16. The Balaban J connectivity index is 1.57. The highest BCUT2D eigenvalue weighted by Gasteiger charge is 2.25. The number of ether oxygens (including phenoxy) is 1. The quantitative estimate of drug-likeness (QED) is 0.747. The van der Waals surface area contributed by atoms with Crippen LogP contribution in [0.5, 0.6) is 0 Å². The summed E-state index contributed by atoms with van der Waals surface area (Å²) in [5.74, 6) is -0.0761. The minimum Gasteiger partial charge on any atom is -0.374 e. The van der Waals surface area contributed by atoms with Crippen molar-refractivity contribution in [1.29, 1.82) is 0 Å². The van der Waals surface area contributed by atoms with Gasteiger partial charge in [-0.25, -0.2) is 4.98 Å². The van der Waals surface area contributed by atoms with Gasteiger partial charge in [0.25, 0.3) is 5.91 Å². The first-order valence-electron chi connectivity index (χ1n) is 8.75. The van der Waals surface area contributed by atoms with Crippen LogP contribution in [-0.4, -0.2) is 58.1 Å². The molecule has 26 heavy (non-hydrogen) atoms. The second-order valence-corrected chi connectivity index (χ2v) is 6.39. The highest BCUT2D eigenvalue weighted by atomic mass is 16.5. The summed E-state index contributed by atoms with van der Waals surface area (Å²) in [4.78, 5) is 26.4. The summed E-state index contributed by atoms with van der Waals surface area (Å²) >= 11 is 0. The number of pyridine rings is 2. The first kappa shape index (κ1) is 16.7. The lowest BCUT2D eigenvalue weighted by atomic mass is 10.1. The van der Waals surface area contributed by atoms with E-state index < -0.39 is 0 Å². The van der Waals surface area contributed by atoms with Crippen molar-refractivity contribution >= 4 is 16.9 Å². The fraction of sp³-hybridized carbons (Fsp3) is 0.316. The molecular formula is C19H21N5O2. The molecule has 1 unspecified atom stereocenters. The number of nitrogens with one attached hydrogen (secondary N) is 1. The van der Waals surface area contributed by atoms with Crippen molar-refractivity contribution in [2.75, 3.05) is 26.2 Å². The summed E-state index contributed by atoms with van der Waals surface area (Å²) in [5, 5.41) is 1.03. The number of morpholine rings is 1. The zero-order valence-electron chi connectivity index (χ0n) is 14.4. The Bertz CT molecular complexity index is 921. The van der Waals surface area contributed by atoms with Crippen molar-refractivity contribution in [2.45, 2.75) is 12.5 Å². The van der Waals surface area contributed by atoms with Gasteiger partial charge in [0.15, 0.2) is 0 Å². The standard InChI is InChI=1S/C19H21N5O2/c20-4-1-16-12-24(7-8-26-16)19(25)17-10-13(2-5-21-17)15-9-14-3-6-22-18(14)23-11-15/h2-3,5-6,9-11,16H,1,4,7-8,12,20H2,(H,22,23). The predicted molar refractivity (Wildman–Crippen MR) is 98.6 cm³/mol. The Hall–Kier alpha value is -2.77. The number of H-pyrrole nitrogens is 1. The van der Waals surface area contributed by atoms with Gasteiger partial charge in [0, 0.05) is 42.6 Å². The minimum atomic E-state index is -0.0761. The van der Waals surface area contributed by atoms with Crippen LogP contribution < -0.4 is 5.73 Å². The molecule has 0 saturated carbocycles. The molecule has 3 aromatic rings. The van der Waals surface area contributed by atoms with Gasteiger partial charge in [0.2, 0.25) is 0 Å². The van der Waals surface area contributed by atoms with Crippen molar-refractivity contribution in [2.24, 2.45) is 5.73 Å². The SMILES string of the molecule is NCCC1CN(C(=O)c2cc(-c3cnc4[nH]ccc4c3)ccn2)CCO1. The fourth-order valence-corrected chi connectivity index (χ4v) is 3.25. The lowest BCUT2D eigenvalue weighted by Gasteiger charge is -2.32. The van der Waals surface area contributed by atoms with E-state index in [1.807, 2.05) is 24.4 Å². The Kier molecular flexibility index (Phi) is 4.64. The molecule has 1 fully saturated rings. The Morgan fingerprint density at radius 1 is 1.31 bits per heavy atom. The van der Waals surface area contributed by atoms with E-state index in [1.54, 1.807) is 17.3 Å². The summed E-state index contributed by atoms with van der Waals surface area (Å²) in [6.45, 7) is 2.21. The molecule has 0 radical (unpaired) electrons.